The van der Waals surface area contributed by atoms with Crippen LogP contribution in [0.25, 0.3) is 0 Å². The zero-order valence-electron chi connectivity index (χ0n) is 10.6. The van der Waals surface area contributed by atoms with Crippen LogP contribution in [0.5, 0.6) is 5.75 Å². The van der Waals surface area contributed by atoms with Crippen LogP contribution in [-0.4, -0.2) is 13.2 Å². The summed E-state index contributed by atoms with van der Waals surface area (Å²) in [6.45, 7) is 0.891. The van der Waals surface area contributed by atoms with E-state index in [0.29, 0.717) is 18.8 Å². The SMILES string of the molecule is N#Cc1c(F)cccc1NCCOc1cccc(Br)c1. The number of rotatable bonds is 5. The molecule has 1 N–H and O–H groups in total. The van der Waals surface area contributed by atoms with E-state index < -0.39 is 5.82 Å². The maximum Gasteiger partial charge on any atom is 0.143 e. The van der Waals surface area contributed by atoms with Gasteiger partial charge in [0.2, 0.25) is 0 Å². The van der Waals surface area contributed by atoms with Gasteiger partial charge in [-0.15, -0.1) is 0 Å². The summed E-state index contributed by atoms with van der Waals surface area (Å²) in [6.07, 6.45) is 0. The number of halogens is 2. The Balaban J connectivity index is 1.88. The standard InChI is InChI=1S/C15H12BrFN2O/c16-11-3-1-4-12(9-11)20-8-7-19-15-6-2-5-14(17)13(15)10-18/h1-6,9,19H,7-8H2. The maximum atomic E-state index is 13.4. The molecule has 0 atom stereocenters. The van der Waals surface area contributed by atoms with Crippen LogP contribution in [0.1, 0.15) is 5.56 Å². The molecule has 2 rings (SSSR count). The van der Waals surface area contributed by atoms with Crippen LogP contribution in [0, 0.1) is 17.1 Å². The molecule has 102 valence electrons. The minimum absolute atomic E-state index is 0.0231. The summed E-state index contributed by atoms with van der Waals surface area (Å²) in [5, 5.41) is 11.9. The minimum atomic E-state index is -0.523. The Morgan fingerprint density at radius 2 is 2.05 bits per heavy atom. The van der Waals surface area contributed by atoms with Crippen LogP contribution >= 0.6 is 15.9 Å². The van der Waals surface area contributed by atoms with Gasteiger partial charge in [-0.1, -0.05) is 28.1 Å². The Bertz CT molecular complexity index is 640. The van der Waals surface area contributed by atoms with Crippen molar-refractivity contribution >= 4 is 21.6 Å². The lowest BCUT2D eigenvalue weighted by Crippen LogP contribution is -2.12. The van der Waals surface area contributed by atoms with E-state index >= 15 is 0 Å². The number of benzene rings is 2. The van der Waals surface area contributed by atoms with E-state index in [2.05, 4.69) is 21.2 Å². The monoisotopic (exact) mass is 334 g/mol. The van der Waals surface area contributed by atoms with Crippen LogP contribution in [0.15, 0.2) is 46.9 Å². The van der Waals surface area contributed by atoms with Crippen molar-refractivity contribution < 1.29 is 9.13 Å². The molecule has 2 aromatic rings. The molecular formula is C15H12BrFN2O. The summed E-state index contributed by atoms with van der Waals surface area (Å²) in [5.41, 5.74) is 0.500. The Hall–Kier alpha value is -2.06. The highest BCUT2D eigenvalue weighted by molar-refractivity contribution is 9.10. The zero-order chi connectivity index (χ0) is 14.4. The van der Waals surface area contributed by atoms with Crippen molar-refractivity contribution in [3.05, 3.63) is 58.3 Å². The molecule has 0 saturated carbocycles. The van der Waals surface area contributed by atoms with E-state index in [0.717, 1.165) is 10.2 Å². The predicted molar refractivity (Wildman–Crippen MR) is 79.2 cm³/mol. The second kappa shape index (κ2) is 6.92. The molecular weight excluding hydrogens is 323 g/mol. The van der Waals surface area contributed by atoms with Crippen LogP contribution < -0.4 is 10.1 Å². The number of hydrogen-bond acceptors (Lipinski definition) is 3. The third-order valence-electron chi connectivity index (χ3n) is 2.61. The lowest BCUT2D eigenvalue weighted by Gasteiger charge is -2.10. The molecule has 0 bridgehead atoms. The van der Waals surface area contributed by atoms with Crippen molar-refractivity contribution in [2.45, 2.75) is 0 Å². The number of nitrogens with one attached hydrogen (secondary N) is 1. The zero-order valence-corrected chi connectivity index (χ0v) is 12.2. The molecule has 2 aromatic carbocycles. The van der Waals surface area contributed by atoms with Crippen LogP contribution in [-0.2, 0) is 0 Å². The molecule has 20 heavy (non-hydrogen) atoms. The fourth-order valence-electron chi connectivity index (χ4n) is 1.70. The van der Waals surface area contributed by atoms with Gasteiger partial charge in [0.1, 0.15) is 29.8 Å². The van der Waals surface area contributed by atoms with E-state index in [4.69, 9.17) is 10.00 Å². The first-order valence-electron chi connectivity index (χ1n) is 6.01. The summed E-state index contributed by atoms with van der Waals surface area (Å²) < 4.78 is 19.9. The van der Waals surface area contributed by atoms with Crippen molar-refractivity contribution in [2.75, 3.05) is 18.5 Å². The van der Waals surface area contributed by atoms with Crippen LogP contribution in [0.2, 0.25) is 0 Å². The van der Waals surface area contributed by atoms with Crippen molar-refractivity contribution in [1.29, 1.82) is 5.26 Å². The van der Waals surface area contributed by atoms with Gasteiger partial charge < -0.3 is 10.1 Å². The van der Waals surface area contributed by atoms with E-state index in [1.165, 1.54) is 6.07 Å². The molecule has 0 radical (unpaired) electrons. The lowest BCUT2D eigenvalue weighted by atomic mass is 10.2. The average molecular weight is 335 g/mol. The lowest BCUT2D eigenvalue weighted by molar-refractivity contribution is 0.332. The molecule has 0 saturated heterocycles. The first kappa shape index (κ1) is 14.4. The fraction of sp³-hybridized carbons (Fsp3) is 0.133. The third kappa shape index (κ3) is 3.72. The van der Waals surface area contributed by atoms with Gasteiger partial charge in [0, 0.05) is 11.0 Å². The van der Waals surface area contributed by atoms with Crippen LogP contribution in [0.3, 0.4) is 0 Å². The molecule has 0 spiro atoms. The second-order valence-electron chi connectivity index (χ2n) is 4.01. The van der Waals surface area contributed by atoms with Crippen molar-refractivity contribution in [3.63, 3.8) is 0 Å². The van der Waals surface area contributed by atoms with Gasteiger partial charge in [0.05, 0.1) is 5.69 Å². The Labute approximate surface area is 125 Å². The number of nitriles is 1. The Morgan fingerprint density at radius 3 is 2.80 bits per heavy atom. The van der Waals surface area contributed by atoms with Gasteiger partial charge >= 0.3 is 0 Å². The summed E-state index contributed by atoms with van der Waals surface area (Å²) in [4.78, 5) is 0. The smallest absolute Gasteiger partial charge is 0.143 e. The largest absolute Gasteiger partial charge is 0.492 e. The van der Waals surface area contributed by atoms with Crippen LogP contribution in [0.4, 0.5) is 10.1 Å². The minimum Gasteiger partial charge on any atom is -0.492 e. The summed E-state index contributed by atoms with van der Waals surface area (Å²) in [7, 11) is 0. The topological polar surface area (TPSA) is 45.0 Å². The number of anilines is 1. The van der Waals surface area contributed by atoms with Crippen molar-refractivity contribution in [1.82, 2.24) is 0 Å². The maximum absolute atomic E-state index is 13.4. The third-order valence-corrected chi connectivity index (χ3v) is 3.10. The van der Waals surface area contributed by atoms with Gasteiger partial charge in [-0.25, -0.2) is 4.39 Å². The van der Waals surface area contributed by atoms with E-state index in [-0.39, 0.29) is 5.56 Å². The second-order valence-corrected chi connectivity index (χ2v) is 4.92. The van der Waals surface area contributed by atoms with Gasteiger partial charge in [-0.3, -0.25) is 0 Å². The normalized spacial score (nSPS) is 9.85. The molecule has 0 aliphatic heterocycles. The highest BCUT2D eigenvalue weighted by Gasteiger charge is 2.06. The Kier molecular flexibility index (Phi) is 4.97. The summed E-state index contributed by atoms with van der Waals surface area (Å²) >= 11 is 3.36. The highest BCUT2D eigenvalue weighted by atomic mass is 79.9. The molecule has 0 amide bonds. The highest BCUT2D eigenvalue weighted by Crippen LogP contribution is 2.19. The van der Waals surface area contributed by atoms with E-state index in [9.17, 15) is 4.39 Å². The molecule has 0 unspecified atom stereocenters. The molecule has 0 aliphatic rings. The van der Waals surface area contributed by atoms with Gasteiger partial charge in [0.15, 0.2) is 0 Å². The Morgan fingerprint density at radius 1 is 1.25 bits per heavy atom. The van der Waals surface area contributed by atoms with Crippen molar-refractivity contribution in [3.8, 4) is 11.8 Å². The van der Waals surface area contributed by atoms with E-state index in [1.807, 2.05) is 30.3 Å². The molecule has 3 nitrogen and oxygen atoms in total. The molecule has 0 aromatic heterocycles. The van der Waals surface area contributed by atoms with Gasteiger partial charge in [0.25, 0.3) is 0 Å². The molecule has 5 heteroatoms. The average Bonchev–Trinajstić information content (AvgIpc) is 2.44. The molecule has 0 aliphatic carbocycles. The quantitative estimate of drug-likeness (QED) is 0.842. The van der Waals surface area contributed by atoms with Crippen molar-refractivity contribution in [2.24, 2.45) is 0 Å². The van der Waals surface area contributed by atoms with Gasteiger partial charge in [-0.05, 0) is 30.3 Å². The number of ether oxygens (including phenoxy) is 1. The fourth-order valence-corrected chi connectivity index (χ4v) is 2.07. The summed E-state index contributed by atoms with van der Waals surface area (Å²) in [5.74, 6) is 0.228. The summed E-state index contributed by atoms with van der Waals surface area (Å²) in [6, 6.07) is 13.9. The molecule has 0 fully saturated rings. The first-order valence-corrected chi connectivity index (χ1v) is 6.81. The predicted octanol–water partition coefficient (Wildman–Crippen LogP) is 3.95. The number of nitrogens with zero attached hydrogens (tertiary/aromatic N) is 1. The molecule has 0 heterocycles. The van der Waals surface area contributed by atoms with E-state index in [1.54, 1.807) is 12.1 Å². The first-order chi connectivity index (χ1) is 9.70. The number of hydrogen-bond donors (Lipinski definition) is 1. The van der Waals surface area contributed by atoms with Gasteiger partial charge in [-0.2, -0.15) is 5.26 Å².